The Labute approximate surface area is 73.7 Å². The van der Waals surface area contributed by atoms with Crippen LogP contribution in [-0.2, 0) is 4.79 Å². The molecule has 1 heterocycles. The van der Waals surface area contributed by atoms with E-state index in [9.17, 15) is 18.0 Å². The Morgan fingerprint density at radius 3 is 2.31 bits per heavy atom. The molecule has 0 spiro atoms. The summed E-state index contributed by atoms with van der Waals surface area (Å²) in [6.45, 7) is 0.969. The van der Waals surface area contributed by atoms with Crippen molar-refractivity contribution in [1.29, 1.82) is 0 Å². The number of carbonyl (C=O) groups excluding carboxylic acids is 1. The molecule has 13 heavy (non-hydrogen) atoms. The number of hydrogen-bond acceptors (Lipinski definition) is 2. The second-order valence-electron chi connectivity index (χ2n) is 3.27. The highest BCUT2D eigenvalue weighted by Crippen LogP contribution is 2.33. The molecule has 1 atom stereocenters. The molecule has 1 rings (SSSR count). The van der Waals surface area contributed by atoms with Gasteiger partial charge in [0.2, 0.25) is 5.91 Å². The van der Waals surface area contributed by atoms with E-state index >= 15 is 0 Å². The highest BCUT2D eigenvalue weighted by Gasteiger charge is 2.48. The molecule has 2 N–H and O–H groups in total. The summed E-state index contributed by atoms with van der Waals surface area (Å²) in [6, 6.07) is -0.714. The maximum Gasteiger partial charge on any atom is 0.395 e. The fourth-order valence-electron chi connectivity index (χ4n) is 1.15. The maximum atomic E-state index is 12.0. The molecule has 6 heteroatoms. The average Bonchev–Trinajstić information content (AvgIpc) is 1.79. The van der Waals surface area contributed by atoms with Crippen LogP contribution in [0.3, 0.4) is 0 Å². The highest BCUT2D eigenvalue weighted by molar-refractivity contribution is 5.81. The van der Waals surface area contributed by atoms with E-state index in [1.807, 2.05) is 0 Å². The van der Waals surface area contributed by atoms with Gasteiger partial charge in [0.1, 0.15) is 0 Å². The SMILES string of the molecule is C[C@H](N)C(=O)N1CC(C(F)(F)F)C1. The van der Waals surface area contributed by atoms with Crippen molar-refractivity contribution in [2.24, 2.45) is 11.7 Å². The van der Waals surface area contributed by atoms with Gasteiger partial charge in [0.05, 0.1) is 12.0 Å². The topological polar surface area (TPSA) is 46.3 Å². The molecule has 1 saturated heterocycles. The van der Waals surface area contributed by atoms with Gasteiger partial charge in [-0.05, 0) is 6.92 Å². The van der Waals surface area contributed by atoms with Gasteiger partial charge in [-0.1, -0.05) is 0 Å². The predicted molar refractivity (Wildman–Crippen MR) is 39.8 cm³/mol. The fourth-order valence-corrected chi connectivity index (χ4v) is 1.15. The molecule has 1 aliphatic heterocycles. The van der Waals surface area contributed by atoms with Crippen LogP contribution in [0, 0.1) is 5.92 Å². The van der Waals surface area contributed by atoms with E-state index in [4.69, 9.17) is 5.73 Å². The van der Waals surface area contributed by atoms with Crippen molar-refractivity contribution in [3.63, 3.8) is 0 Å². The molecule has 1 aliphatic rings. The molecular weight excluding hydrogens is 185 g/mol. The van der Waals surface area contributed by atoms with E-state index in [-0.39, 0.29) is 13.1 Å². The number of hydrogen-bond donors (Lipinski definition) is 1. The number of nitrogens with zero attached hydrogens (tertiary/aromatic N) is 1. The minimum Gasteiger partial charge on any atom is -0.340 e. The third-order valence-electron chi connectivity index (χ3n) is 2.05. The lowest BCUT2D eigenvalue weighted by Crippen LogP contribution is -2.58. The molecule has 1 fully saturated rings. The van der Waals surface area contributed by atoms with Gasteiger partial charge >= 0.3 is 6.18 Å². The zero-order valence-electron chi connectivity index (χ0n) is 7.14. The molecule has 0 unspecified atom stereocenters. The molecule has 0 saturated carbocycles. The number of nitrogens with two attached hydrogens (primary N) is 1. The largest absolute Gasteiger partial charge is 0.395 e. The van der Waals surface area contributed by atoms with Gasteiger partial charge in [-0.2, -0.15) is 13.2 Å². The van der Waals surface area contributed by atoms with Gasteiger partial charge in [-0.15, -0.1) is 0 Å². The molecule has 76 valence electrons. The van der Waals surface area contributed by atoms with Crippen molar-refractivity contribution in [1.82, 2.24) is 4.90 Å². The maximum absolute atomic E-state index is 12.0. The summed E-state index contributed by atoms with van der Waals surface area (Å²) in [6.07, 6.45) is -4.19. The standard InChI is InChI=1S/C7H11F3N2O/c1-4(11)6(13)12-2-5(3-12)7(8,9)10/h4-5H,2-3,11H2,1H3/t4-/m0/s1. The first kappa shape index (κ1) is 10.3. The predicted octanol–water partition coefficient (Wildman–Crippen LogP) is 0.354. The lowest BCUT2D eigenvalue weighted by atomic mass is 9.99. The van der Waals surface area contributed by atoms with Crippen LogP contribution in [0.5, 0.6) is 0 Å². The van der Waals surface area contributed by atoms with Crippen LogP contribution >= 0.6 is 0 Å². The number of amides is 1. The molecule has 0 bridgehead atoms. The van der Waals surface area contributed by atoms with Gasteiger partial charge < -0.3 is 10.6 Å². The van der Waals surface area contributed by atoms with Crippen molar-refractivity contribution in [3.05, 3.63) is 0 Å². The van der Waals surface area contributed by atoms with Gasteiger partial charge in [0.25, 0.3) is 0 Å². The average molecular weight is 196 g/mol. The van der Waals surface area contributed by atoms with Crippen molar-refractivity contribution >= 4 is 5.91 Å². The number of carbonyl (C=O) groups is 1. The monoisotopic (exact) mass is 196 g/mol. The van der Waals surface area contributed by atoms with Gasteiger partial charge in [-0.3, -0.25) is 4.79 Å². The Kier molecular flexibility index (Phi) is 2.51. The van der Waals surface area contributed by atoms with E-state index in [2.05, 4.69) is 0 Å². The van der Waals surface area contributed by atoms with Crippen molar-refractivity contribution in [2.45, 2.75) is 19.1 Å². The van der Waals surface area contributed by atoms with Crippen LogP contribution in [0.25, 0.3) is 0 Å². The minimum absolute atomic E-state index is 0.246. The molecule has 1 amide bonds. The fraction of sp³-hybridized carbons (Fsp3) is 0.857. The summed E-state index contributed by atoms with van der Waals surface area (Å²) < 4.78 is 35.9. The normalized spacial score (nSPS) is 21.2. The summed E-state index contributed by atoms with van der Waals surface area (Å²) in [4.78, 5) is 12.2. The summed E-state index contributed by atoms with van der Waals surface area (Å²) in [7, 11) is 0. The first-order valence-electron chi connectivity index (χ1n) is 3.93. The first-order valence-corrected chi connectivity index (χ1v) is 3.93. The molecule has 0 aromatic heterocycles. The van der Waals surface area contributed by atoms with E-state index < -0.39 is 24.0 Å². The van der Waals surface area contributed by atoms with E-state index in [1.54, 1.807) is 0 Å². The zero-order valence-corrected chi connectivity index (χ0v) is 7.14. The van der Waals surface area contributed by atoms with E-state index in [0.29, 0.717) is 0 Å². The Bertz CT molecular complexity index is 208. The van der Waals surface area contributed by atoms with Gasteiger partial charge in [0.15, 0.2) is 0 Å². The summed E-state index contributed by atoms with van der Waals surface area (Å²) in [5.41, 5.74) is 5.23. The molecule has 0 radical (unpaired) electrons. The van der Waals surface area contributed by atoms with E-state index in [0.717, 1.165) is 4.90 Å². The van der Waals surface area contributed by atoms with E-state index in [1.165, 1.54) is 6.92 Å². The highest BCUT2D eigenvalue weighted by atomic mass is 19.4. The molecule has 0 aromatic carbocycles. The van der Waals surface area contributed by atoms with Crippen LogP contribution in [0.1, 0.15) is 6.92 Å². The van der Waals surface area contributed by atoms with Gasteiger partial charge in [-0.25, -0.2) is 0 Å². The quantitative estimate of drug-likeness (QED) is 0.658. The third-order valence-corrected chi connectivity index (χ3v) is 2.05. The Balaban J connectivity index is 2.38. The Morgan fingerprint density at radius 1 is 1.54 bits per heavy atom. The Hall–Kier alpha value is -0.780. The van der Waals surface area contributed by atoms with Crippen LogP contribution in [-0.4, -0.2) is 36.1 Å². The number of likely N-dealkylation sites (tertiary alicyclic amines) is 1. The van der Waals surface area contributed by atoms with Gasteiger partial charge in [0, 0.05) is 13.1 Å². The molecular formula is C7H11F3N2O. The summed E-state index contributed by atoms with van der Waals surface area (Å²) >= 11 is 0. The van der Waals surface area contributed by atoms with Crippen LogP contribution in [0.15, 0.2) is 0 Å². The second-order valence-corrected chi connectivity index (χ2v) is 3.27. The molecule has 3 nitrogen and oxygen atoms in total. The molecule has 0 aliphatic carbocycles. The Morgan fingerprint density at radius 2 is 2.00 bits per heavy atom. The van der Waals surface area contributed by atoms with Crippen molar-refractivity contribution < 1.29 is 18.0 Å². The second kappa shape index (κ2) is 3.17. The minimum atomic E-state index is -4.19. The number of halogens is 3. The summed E-state index contributed by atoms with van der Waals surface area (Å²) in [5.74, 6) is -1.78. The third kappa shape index (κ3) is 2.12. The van der Waals surface area contributed by atoms with Crippen LogP contribution in [0.4, 0.5) is 13.2 Å². The first-order chi connectivity index (χ1) is 5.82. The number of rotatable bonds is 1. The van der Waals surface area contributed by atoms with Crippen molar-refractivity contribution in [3.8, 4) is 0 Å². The van der Waals surface area contributed by atoms with Crippen LogP contribution < -0.4 is 5.73 Å². The smallest absolute Gasteiger partial charge is 0.340 e. The van der Waals surface area contributed by atoms with Crippen LogP contribution in [0.2, 0.25) is 0 Å². The lowest BCUT2D eigenvalue weighted by molar-refractivity contribution is -0.209. The number of alkyl halides is 3. The van der Waals surface area contributed by atoms with Crippen molar-refractivity contribution in [2.75, 3.05) is 13.1 Å². The molecule has 0 aromatic rings. The zero-order chi connectivity index (χ0) is 10.2. The summed E-state index contributed by atoms with van der Waals surface area (Å²) in [5, 5.41) is 0. The lowest BCUT2D eigenvalue weighted by Gasteiger charge is -2.40.